The minimum atomic E-state index is -3.88. The van der Waals surface area contributed by atoms with E-state index >= 15 is 0 Å². The van der Waals surface area contributed by atoms with Gasteiger partial charge in [0.25, 0.3) is 0 Å². The van der Waals surface area contributed by atoms with E-state index in [2.05, 4.69) is 11.1 Å². The molecule has 7 nitrogen and oxygen atoms in total. The van der Waals surface area contributed by atoms with Gasteiger partial charge >= 0.3 is 81.2 Å². The maximum absolute atomic E-state index is 11.5. The van der Waals surface area contributed by atoms with Gasteiger partial charge in [0.15, 0.2) is 0 Å². The molecule has 0 saturated heterocycles. The van der Waals surface area contributed by atoms with Crippen molar-refractivity contribution in [2.24, 2.45) is 5.73 Å². The molecule has 0 aliphatic carbocycles. The third kappa shape index (κ3) is 17.5. The molecule has 3 N–H and O–H groups in total. The van der Waals surface area contributed by atoms with Crippen molar-refractivity contribution in [1.29, 1.82) is 0 Å². The fraction of sp³-hybridized carbons (Fsp3) is 0.846. The van der Waals surface area contributed by atoms with Crippen LogP contribution in [0.3, 0.4) is 0 Å². The average Bonchev–Trinajstić information content (AvgIpc) is 2.39. The van der Waals surface area contributed by atoms with Gasteiger partial charge in [-0.25, -0.2) is 0 Å². The number of nitrogens with two attached hydrogens (primary N) is 1. The number of aliphatic carboxylic acids is 1. The van der Waals surface area contributed by atoms with Crippen LogP contribution in [0.4, 0.5) is 0 Å². The number of carboxylic acid groups (broad SMARTS) is 1. The van der Waals surface area contributed by atoms with Gasteiger partial charge in [0.2, 0.25) is 0 Å². The molecule has 0 heterocycles. The van der Waals surface area contributed by atoms with E-state index in [9.17, 15) is 18.0 Å². The first-order chi connectivity index (χ1) is 9.78. The summed E-state index contributed by atoms with van der Waals surface area (Å²) in [5, 5.41) is 8.54. The van der Waals surface area contributed by atoms with E-state index in [1.165, 1.54) is 0 Å². The first kappa shape index (κ1) is 28.6. The maximum atomic E-state index is 11.5. The van der Waals surface area contributed by atoms with Crippen LogP contribution < -0.4 is 64.8 Å². The molecule has 0 saturated carbocycles. The minimum absolute atomic E-state index is 0. The number of rotatable bonds is 12. The van der Waals surface area contributed by atoms with Gasteiger partial charge in [0.05, 0.1) is 5.75 Å². The maximum Gasteiger partial charge on any atom is 1.00 e. The van der Waals surface area contributed by atoms with Gasteiger partial charge in [-0.15, -0.1) is 0 Å². The van der Waals surface area contributed by atoms with E-state index in [4.69, 9.17) is 10.8 Å². The molecule has 0 amide bonds. The number of hydrogen-bond acceptors (Lipinski definition) is 6. The van der Waals surface area contributed by atoms with E-state index < -0.39 is 28.1 Å². The minimum Gasteiger partial charge on any atom is -1.00 e. The normalized spacial score (nSPS) is 11.7. The van der Waals surface area contributed by atoms with Gasteiger partial charge in [-0.3, -0.25) is 9.59 Å². The van der Waals surface area contributed by atoms with Crippen LogP contribution in [-0.2, 0) is 23.9 Å². The molecule has 0 aliphatic rings. The largest absolute Gasteiger partial charge is 1.00 e. The summed E-state index contributed by atoms with van der Waals surface area (Å²) in [6.07, 6.45) is 5.03. The van der Waals surface area contributed by atoms with Crippen molar-refractivity contribution in [3.63, 3.8) is 0 Å². The van der Waals surface area contributed by atoms with Crippen LogP contribution in [0.5, 0.6) is 0 Å². The van der Waals surface area contributed by atoms with Crippen LogP contribution in [0.2, 0.25) is 0 Å². The molecule has 0 bridgehead atoms. The van der Waals surface area contributed by atoms with Crippen LogP contribution in [-0.4, -0.2) is 37.3 Å². The van der Waals surface area contributed by atoms with Crippen molar-refractivity contribution in [3.05, 3.63) is 0 Å². The fourth-order valence-corrected chi connectivity index (χ4v) is 2.69. The monoisotopic (exact) mass is 371 g/mol. The van der Waals surface area contributed by atoms with E-state index in [1.54, 1.807) is 0 Å². The van der Waals surface area contributed by atoms with Crippen LogP contribution in [0, 0.1) is 0 Å². The fourth-order valence-electron chi connectivity index (χ4n) is 1.68. The van der Waals surface area contributed by atoms with Crippen molar-refractivity contribution in [1.82, 2.24) is 0 Å². The summed E-state index contributed by atoms with van der Waals surface area (Å²) >= 11 is 0. The number of unbranched alkanes of at least 4 members (excludes halogenated alkanes) is 5. The molecule has 0 rings (SSSR count). The smallest absolute Gasteiger partial charge is 1.00 e. The van der Waals surface area contributed by atoms with Gasteiger partial charge in [-0.05, 0) is 12.8 Å². The Bertz CT molecular complexity index is 440. The molecular formula is C13H27NNa2O6S. The van der Waals surface area contributed by atoms with Gasteiger partial charge in [-0.1, -0.05) is 39.0 Å². The van der Waals surface area contributed by atoms with Crippen molar-refractivity contribution in [3.8, 4) is 0 Å². The summed E-state index contributed by atoms with van der Waals surface area (Å²) in [6.45, 7) is 2.10. The average molecular weight is 371 g/mol. The molecule has 23 heavy (non-hydrogen) atoms. The Balaban J connectivity index is -0.000000333. The second-order valence-electron chi connectivity index (χ2n) is 4.97. The molecule has 1 atom stereocenters. The zero-order chi connectivity index (χ0) is 16.3. The van der Waals surface area contributed by atoms with E-state index in [-0.39, 0.29) is 80.6 Å². The Morgan fingerprint density at radius 1 is 1.13 bits per heavy atom. The van der Waals surface area contributed by atoms with E-state index in [0.29, 0.717) is 6.42 Å². The van der Waals surface area contributed by atoms with Crippen molar-refractivity contribution in [2.45, 2.75) is 64.3 Å². The Morgan fingerprint density at radius 3 is 2.17 bits per heavy atom. The second kappa shape index (κ2) is 16.3. The molecule has 0 aliphatic heterocycles. The SMILES string of the molecule is CCCCCCCCS(=O)(=O)OC(=O)CC[C@H](N)C(=O)O.[H-].[H-].[Na+].[Na+]. The van der Waals surface area contributed by atoms with Crippen LogP contribution in [0.25, 0.3) is 0 Å². The molecule has 0 spiro atoms. The Kier molecular flexibility index (Phi) is 20.3. The summed E-state index contributed by atoms with van der Waals surface area (Å²) < 4.78 is 27.4. The number of carboxylic acids is 1. The molecule has 128 valence electrons. The first-order valence-electron chi connectivity index (χ1n) is 7.22. The summed E-state index contributed by atoms with van der Waals surface area (Å²) in [5.41, 5.74) is 5.21. The van der Waals surface area contributed by atoms with Crippen molar-refractivity contribution >= 4 is 22.1 Å². The first-order valence-corrected chi connectivity index (χ1v) is 8.79. The molecule has 0 unspecified atom stereocenters. The number of hydrogen-bond donors (Lipinski definition) is 2. The Hall–Kier alpha value is 0.850. The molecule has 0 aromatic heterocycles. The number of carbonyl (C=O) groups is 2. The van der Waals surface area contributed by atoms with Crippen molar-refractivity contribution in [2.75, 3.05) is 5.75 Å². The van der Waals surface area contributed by atoms with Crippen molar-refractivity contribution < 1.29 is 89.3 Å². The second-order valence-corrected chi connectivity index (χ2v) is 6.66. The van der Waals surface area contributed by atoms with Gasteiger partial charge in [0, 0.05) is 6.42 Å². The molecule has 0 aromatic rings. The quantitative estimate of drug-likeness (QED) is 0.202. The Labute approximate surface area is 185 Å². The van der Waals surface area contributed by atoms with Gasteiger partial charge < -0.3 is 17.9 Å². The summed E-state index contributed by atoms with van der Waals surface area (Å²) in [4.78, 5) is 21.8. The third-order valence-electron chi connectivity index (χ3n) is 2.94. The summed E-state index contributed by atoms with van der Waals surface area (Å²) in [6, 6.07) is -1.20. The van der Waals surface area contributed by atoms with Gasteiger partial charge in [0.1, 0.15) is 6.04 Å². The van der Waals surface area contributed by atoms with Crippen LogP contribution in [0.15, 0.2) is 0 Å². The molecule has 0 radical (unpaired) electrons. The topological polar surface area (TPSA) is 124 Å². The van der Waals surface area contributed by atoms with Gasteiger partial charge in [-0.2, -0.15) is 8.42 Å². The van der Waals surface area contributed by atoms with Crippen LogP contribution >= 0.6 is 0 Å². The predicted molar refractivity (Wildman–Crippen MR) is 80.3 cm³/mol. The zero-order valence-corrected chi connectivity index (χ0v) is 19.2. The summed E-state index contributed by atoms with van der Waals surface area (Å²) in [5.74, 6) is -2.40. The van der Waals surface area contributed by atoms with Crippen LogP contribution in [0.1, 0.15) is 61.1 Å². The zero-order valence-electron chi connectivity index (χ0n) is 16.4. The molecule has 0 aromatic carbocycles. The third-order valence-corrected chi connectivity index (χ3v) is 4.17. The predicted octanol–water partition coefficient (Wildman–Crippen LogP) is -4.35. The number of carbonyl (C=O) groups excluding carboxylic acids is 1. The Morgan fingerprint density at radius 2 is 1.65 bits per heavy atom. The molecular weight excluding hydrogens is 344 g/mol. The summed E-state index contributed by atoms with van der Waals surface area (Å²) in [7, 11) is -3.88. The standard InChI is InChI=1S/C13H25NO6S.2Na.2H/c1-2-3-4-5-6-7-10-21(18,19)20-12(15)9-8-11(14)13(16)17;;;;/h11H,2-10,14H2,1H3,(H,16,17);;;;/q;2*+1;2*-1/t11-;;;;/m0..../s1. The van der Waals surface area contributed by atoms with E-state index in [1.807, 2.05) is 0 Å². The molecule has 0 fully saturated rings. The van der Waals surface area contributed by atoms with E-state index in [0.717, 1.165) is 32.1 Å². The molecule has 10 heteroatoms.